The van der Waals surface area contributed by atoms with Gasteiger partial charge in [0.15, 0.2) is 0 Å². The Kier molecular flexibility index (Phi) is 3.35. The maximum Gasteiger partial charge on any atom is 0.212 e. The van der Waals surface area contributed by atoms with Gasteiger partial charge in [0.2, 0.25) is 5.95 Å². The lowest BCUT2D eigenvalue weighted by Gasteiger charge is -2.20. The lowest BCUT2D eigenvalue weighted by molar-refractivity contribution is 0.512. The topological polar surface area (TPSA) is 12.9 Å². The molecule has 2 aromatic rings. The van der Waals surface area contributed by atoms with Crippen molar-refractivity contribution in [2.75, 3.05) is 0 Å². The minimum atomic E-state index is -0.657. The molecule has 0 unspecified atom stereocenters. The molecule has 0 fully saturated rings. The van der Waals surface area contributed by atoms with Crippen LogP contribution in [0.5, 0.6) is 0 Å². The van der Waals surface area contributed by atoms with Crippen LogP contribution in [0.2, 0.25) is 0 Å². The quantitative estimate of drug-likeness (QED) is 0.693. The fourth-order valence-corrected chi connectivity index (χ4v) is 1.88. The van der Waals surface area contributed by atoms with Crippen LogP contribution in [-0.4, -0.2) is 4.98 Å². The Morgan fingerprint density at radius 3 is 2.16 bits per heavy atom. The van der Waals surface area contributed by atoms with Gasteiger partial charge in [-0.25, -0.2) is 13.8 Å². The van der Waals surface area contributed by atoms with Crippen molar-refractivity contribution >= 4 is 0 Å². The van der Waals surface area contributed by atoms with Crippen LogP contribution in [-0.2, 0) is 5.41 Å². The fraction of sp³-hybridized carbons (Fsp3) is 0.267. The molecule has 1 heterocycles. The number of hydrogen-bond donors (Lipinski definition) is 0. The van der Waals surface area contributed by atoms with Crippen molar-refractivity contribution < 1.29 is 13.2 Å². The van der Waals surface area contributed by atoms with Gasteiger partial charge in [-0.2, -0.15) is 4.39 Å². The summed E-state index contributed by atoms with van der Waals surface area (Å²) in [5.41, 5.74) is 0.255. The first-order valence-electron chi connectivity index (χ1n) is 5.90. The normalized spacial score (nSPS) is 11.7. The molecule has 4 heteroatoms. The van der Waals surface area contributed by atoms with E-state index in [0.717, 1.165) is 12.1 Å². The molecule has 1 aromatic heterocycles. The van der Waals surface area contributed by atoms with E-state index in [0.29, 0.717) is 11.1 Å². The third-order valence-electron chi connectivity index (χ3n) is 2.90. The van der Waals surface area contributed by atoms with Gasteiger partial charge >= 0.3 is 0 Å². The van der Waals surface area contributed by atoms with Gasteiger partial charge in [-0.3, -0.25) is 0 Å². The third kappa shape index (κ3) is 2.78. The second-order valence-corrected chi connectivity index (χ2v) is 5.43. The summed E-state index contributed by atoms with van der Waals surface area (Å²) in [5, 5.41) is 0. The highest BCUT2D eigenvalue weighted by molar-refractivity contribution is 5.64. The molecule has 19 heavy (non-hydrogen) atoms. The summed E-state index contributed by atoms with van der Waals surface area (Å²) >= 11 is 0. The van der Waals surface area contributed by atoms with Gasteiger partial charge < -0.3 is 0 Å². The van der Waals surface area contributed by atoms with Crippen molar-refractivity contribution in [3.63, 3.8) is 0 Å². The van der Waals surface area contributed by atoms with E-state index in [-0.39, 0.29) is 5.56 Å². The van der Waals surface area contributed by atoms with Crippen molar-refractivity contribution in [1.82, 2.24) is 4.98 Å². The van der Waals surface area contributed by atoms with Crippen molar-refractivity contribution in [1.29, 1.82) is 0 Å². The summed E-state index contributed by atoms with van der Waals surface area (Å²) in [6.45, 7) is 5.43. The van der Waals surface area contributed by atoms with Crippen molar-refractivity contribution in [3.8, 4) is 11.1 Å². The molecule has 100 valence electrons. The van der Waals surface area contributed by atoms with Gasteiger partial charge in [0.05, 0.1) is 0 Å². The third-order valence-corrected chi connectivity index (χ3v) is 2.90. The lowest BCUT2D eigenvalue weighted by Crippen LogP contribution is -2.14. The Hall–Kier alpha value is -1.84. The molecule has 0 radical (unpaired) electrons. The molecule has 0 amide bonds. The van der Waals surface area contributed by atoms with Crippen LogP contribution in [0, 0.1) is 17.6 Å². The average Bonchev–Trinajstić information content (AvgIpc) is 2.31. The van der Waals surface area contributed by atoms with E-state index >= 15 is 0 Å². The van der Waals surface area contributed by atoms with E-state index in [1.807, 2.05) is 20.8 Å². The summed E-state index contributed by atoms with van der Waals surface area (Å²) in [4.78, 5) is 3.44. The van der Waals surface area contributed by atoms with Crippen LogP contribution in [0.25, 0.3) is 11.1 Å². The monoisotopic (exact) mass is 265 g/mol. The summed E-state index contributed by atoms with van der Waals surface area (Å²) in [6, 6.07) is 4.81. The highest BCUT2D eigenvalue weighted by Gasteiger charge is 2.21. The molecule has 0 aliphatic rings. The van der Waals surface area contributed by atoms with Crippen LogP contribution >= 0.6 is 0 Å². The molecule has 1 aromatic carbocycles. The van der Waals surface area contributed by atoms with Crippen LogP contribution in [0.3, 0.4) is 0 Å². The lowest BCUT2D eigenvalue weighted by atomic mass is 9.85. The first-order valence-corrected chi connectivity index (χ1v) is 5.90. The van der Waals surface area contributed by atoms with Crippen LogP contribution in [0.1, 0.15) is 26.3 Å². The minimum absolute atomic E-state index is 0.0815. The fourth-order valence-electron chi connectivity index (χ4n) is 1.88. The predicted molar refractivity (Wildman–Crippen MR) is 68.2 cm³/mol. The number of benzene rings is 1. The molecule has 0 N–H and O–H groups in total. The van der Waals surface area contributed by atoms with Gasteiger partial charge in [0.25, 0.3) is 0 Å². The zero-order valence-electron chi connectivity index (χ0n) is 11.0. The highest BCUT2D eigenvalue weighted by Crippen LogP contribution is 2.31. The largest absolute Gasteiger partial charge is 0.228 e. The predicted octanol–water partition coefficient (Wildman–Crippen LogP) is 4.46. The SMILES string of the molecule is CC(C)(C)c1cc(F)c(-c2ccc(F)nc2)cc1F. The maximum absolute atomic E-state index is 14.1. The molecule has 0 aliphatic carbocycles. The number of nitrogens with zero attached hydrogens (tertiary/aromatic N) is 1. The van der Waals surface area contributed by atoms with Gasteiger partial charge in [-0.15, -0.1) is 0 Å². The molecule has 1 nitrogen and oxygen atoms in total. The summed E-state index contributed by atoms with van der Waals surface area (Å²) in [6.07, 6.45) is 1.18. The van der Waals surface area contributed by atoms with Crippen LogP contribution in [0.15, 0.2) is 30.5 Å². The Morgan fingerprint density at radius 1 is 0.947 bits per heavy atom. The first-order chi connectivity index (χ1) is 8.79. The molecule has 0 saturated carbocycles. The summed E-state index contributed by atoms with van der Waals surface area (Å²) in [7, 11) is 0. The summed E-state index contributed by atoms with van der Waals surface area (Å²) < 4.78 is 40.8. The van der Waals surface area contributed by atoms with Crippen molar-refractivity contribution in [2.24, 2.45) is 0 Å². The van der Waals surface area contributed by atoms with Crippen molar-refractivity contribution in [2.45, 2.75) is 26.2 Å². The first kappa shape index (κ1) is 13.6. The van der Waals surface area contributed by atoms with Gasteiger partial charge in [0, 0.05) is 17.3 Å². The number of hydrogen-bond acceptors (Lipinski definition) is 1. The Balaban J connectivity index is 2.55. The van der Waals surface area contributed by atoms with E-state index in [9.17, 15) is 13.2 Å². The Bertz CT molecular complexity index is 598. The second-order valence-electron chi connectivity index (χ2n) is 5.43. The average molecular weight is 265 g/mol. The molecular weight excluding hydrogens is 251 g/mol. The van der Waals surface area contributed by atoms with E-state index in [4.69, 9.17) is 0 Å². The van der Waals surface area contributed by atoms with Crippen molar-refractivity contribution in [3.05, 3.63) is 53.6 Å². The van der Waals surface area contributed by atoms with Crippen LogP contribution in [0.4, 0.5) is 13.2 Å². The second kappa shape index (κ2) is 4.68. The molecular formula is C15H14F3N. The number of rotatable bonds is 1. The molecule has 2 rings (SSSR count). The van der Waals surface area contributed by atoms with Gasteiger partial charge in [0.1, 0.15) is 11.6 Å². The number of aromatic nitrogens is 1. The standard InChI is InChI=1S/C15H14F3N/c1-15(2,3)11-7-12(16)10(6-13(11)17)9-4-5-14(18)19-8-9/h4-8H,1-3H3. The molecule has 0 saturated heterocycles. The van der Waals surface area contributed by atoms with Gasteiger partial charge in [-0.05, 0) is 35.2 Å². The zero-order chi connectivity index (χ0) is 14.2. The summed E-state index contributed by atoms with van der Waals surface area (Å²) in [5.74, 6) is -1.68. The maximum atomic E-state index is 14.1. The smallest absolute Gasteiger partial charge is 0.212 e. The van der Waals surface area contributed by atoms with E-state index in [1.165, 1.54) is 18.3 Å². The van der Waals surface area contributed by atoms with Gasteiger partial charge in [-0.1, -0.05) is 20.8 Å². The Labute approximate surface area is 110 Å². The molecule has 0 aliphatic heterocycles. The number of halogens is 3. The number of pyridine rings is 1. The van der Waals surface area contributed by atoms with E-state index < -0.39 is 23.0 Å². The molecule has 0 atom stereocenters. The van der Waals surface area contributed by atoms with E-state index in [1.54, 1.807) is 0 Å². The van der Waals surface area contributed by atoms with Crippen LogP contribution < -0.4 is 0 Å². The highest BCUT2D eigenvalue weighted by atomic mass is 19.1. The minimum Gasteiger partial charge on any atom is -0.228 e. The molecule has 0 bridgehead atoms. The molecule has 0 spiro atoms. The zero-order valence-corrected chi connectivity index (χ0v) is 11.0. The van der Waals surface area contributed by atoms with E-state index in [2.05, 4.69) is 4.98 Å². The Morgan fingerprint density at radius 2 is 1.63 bits per heavy atom.